The summed E-state index contributed by atoms with van der Waals surface area (Å²) in [6.45, 7) is 3.76. The molecule has 0 saturated carbocycles. The zero-order valence-electron chi connectivity index (χ0n) is 11.7. The third kappa shape index (κ3) is 2.61. The van der Waals surface area contributed by atoms with Gasteiger partial charge in [-0.15, -0.1) is 0 Å². The molecule has 0 aliphatic carbocycles. The maximum atomic E-state index is 11.2. The van der Waals surface area contributed by atoms with E-state index in [4.69, 9.17) is 0 Å². The lowest BCUT2D eigenvalue weighted by atomic mass is 10.2. The highest BCUT2D eigenvalue weighted by Gasteiger charge is 2.26. The molecule has 0 spiro atoms. The highest BCUT2D eigenvalue weighted by atomic mass is 16.6. The molecule has 0 bridgehead atoms. The molecule has 0 aliphatic heterocycles. The molecule has 2 aromatic heterocycles. The Morgan fingerprint density at radius 1 is 1.50 bits per heavy atom. The molecule has 0 saturated heterocycles. The van der Waals surface area contributed by atoms with Crippen molar-refractivity contribution < 1.29 is 4.92 Å². The van der Waals surface area contributed by atoms with Gasteiger partial charge in [-0.3, -0.25) is 15.1 Å². The Bertz CT molecular complexity index is 609. The predicted molar refractivity (Wildman–Crippen MR) is 75.5 cm³/mol. The zero-order valence-corrected chi connectivity index (χ0v) is 11.7. The van der Waals surface area contributed by atoms with E-state index >= 15 is 0 Å². The summed E-state index contributed by atoms with van der Waals surface area (Å²) in [6, 6.07) is 5.45. The Balaban J connectivity index is 2.34. The summed E-state index contributed by atoms with van der Waals surface area (Å²) >= 11 is 0. The third-order valence-electron chi connectivity index (χ3n) is 3.09. The molecule has 0 radical (unpaired) electrons. The first-order chi connectivity index (χ1) is 9.54. The van der Waals surface area contributed by atoms with Crippen LogP contribution in [0.4, 0.5) is 11.5 Å². The topological polar surface area (TPSA) is 85.9 Å². The second-order valence-electron chi connectivity index (χ2n) is 4.50. The van der Waals surface area contributed by atoms with Crippen molar-refractivity contribution in [3.8, 4) is 0 Å². The van der Waals surface area contributed by atoms with Gasteiger partial charge in [0.05, 0.1) is 16.7 Å². The van der Waals surface area contributed by atoms with E-state index in [0.29, 0.717) is 17.9 Å². The molecule has 0 aliphatic rings. The molecule has 2 aromatic rings. The third-order valence-corrected chi connectivity index (χ3v) is 3.09. The first-order valence-electron chi connectivity index (χ1n) is 6.42. The fraction of sp³-hybridized carbons (Fsp3) is 0.385. The molecule has 0 fully saturated rings. The summed E-state index contributed by atoms with van der Waals surface area (Å²) in [5, 5.41) is 18.5. The minimum Gasteiger partial charge on any atom is -0.356 e. The van der Waals surface area contributed by atoms with Gasteiger partial charge in [0.1, 0.15) is 5.69 Å². The summed E-state index contributed by atoms with van der Waals surface area (Å²) in [7, 11) is 1.69. The highest BCUT2D eigenvalue weighted by Crippen LogP contribution is 2.30. The summed E-state index contributed by atoms with van der Waals surface area (Å²) in [5.74, 6) is 0.407. The summed E-state index contributed by atoms with van der Waals surface area (Å²) in [4.78, 5) is 15.1. The number of nitrogens with zero attached hydrogens (tertiary/aromatic N) is 4. The molecule has 0 aromatic carbocycles. The van der Waals surface area contributed by atoms with Crippen LogP contribution in [0.25, 0.3) is 0 Å². The van der Waals surface area contributed by atoms with Crippen LogP contribution in [0, 0.1) is 10.1 Å². The number of pyridine rings is 1. The first kappa shape index (κ1) is 14.0. The van der Waals surface area contributed by atoms with Gasteiger partial charge in [0.2, 0.25) is 5.82 Å². The maximum Gasteiger partial charge on any atom is 0.333 e. The van der Waals surface area contributed by atoms with E-state index in [2.05, 4.69) is 15.4 Å². The van der Waals surface area contributed by atoms with Gasteiger partial charge in [0.25, 0.3) is 0 Å². The van der Waals surface area contributed by atoms with Gasteiger partial charge in [-0.05, 0) is 25.5 Å². The van der Waals surface area contributed by atoms with E-state index in [0.717, 1.165) is 5.69 Å². The van der Waals surface area contributed by atoms with Crippen LogP contribution in [0.15, 0.2) is 24.4 Å². The van der Waals surface area contributed by atoms with Crippen molar-refractivity contribution in [2.45, 2.75) is 26.3 Å². The number of anilines is 1. The summed E-state index contributed by atoms with van der Waals surface area (Å²) in [6.07, 6.45) is 2.21. The van der Waals surface area contributed by atoms with Gasteiger partial charge in [-0.25, -0.2) is 4.68 Å². The SMILES string of the molecule is CCc1nn(C)c(NC(C)c2ccccn2)c1[N+](=O)[O-]. The van der Waals surface area contributed by atoms with Crippen LogP contribution in [0.5, 0.6) is 0 Å². The molecule has 7 nitrogen and oxygen atoms in total. The summed E-state index contributed by atoms with van der Waals surface area (Å²) in [5.41, 5.74) is 1.34. The van der Waals surface area contributed by atoms with Crippen LogP contribution in [0.3, 0.4) is 0 Å². The number of nitrogens with one attached hydrogen (secondary N) is 1. The number of hydrogen-bond donors (Lipinski definition) is 1. The van der Waals surface area contributed by atoms with E-state index in [1.54, 1.807) is 13.2 Å². The standard InChI is InChI=1S/C13H17N5O2/c1-4-10-12(18(19)20)13(17(3)16-10)15-9(2)11-7-5-6-8-14-11/h5-9,15H,4H2,1-3H3. The number of aryl methyl sites for hydroxylation is 2. The average Bonchev–Trinajstić information content (AvgIpc) is 2.76. The molecule has 20 heavy (non-hydrogen) atoms. The second-order valence-corrected chi connectivity index (χ2v) is 4.50. The fourth-order valence-corrected chi connectivity index (χ4v) is 2.07. The molecule has 0 amide bonds. The highest BCUT2D eigenvalue weighted by molar-refractivity contribution is 5.60. The van der Waals surface area contributed by atoms with Crippen molar-refractivity contribution in [2.24, 2.45) is 7.05 Å². The van der Waals surface area contributed by atoms with Gasteiger partial charge in [0.15, 0.2) is 0 Å². The van der Waals surface area contributed by atoms with Gasteiger partial charge >= 0.3 is 5.69 Å². The van der Waals surface area contributed by atoms with Crippen LogP contribution < -0.4 is 5.32 Å². The van der Waals surface area contributed by atoms with Crippen LogP contribution in [0.1, 0.15) is 31.3 Å². The average molecular weight is 275 g/mol. The molecule has 1 atom stereocenters. The Kier molecular flexibility index (Phi) is 3.97. The van der Waals surface area contributed by atoms with Gasteiger partial charge in [0, 0.05) is 13.2 Å². The van der Waals surface area contributed by atoms with Crippen molar-refractivity contribution >= 4 is 11.5 Å². The lowest BCUT2D eigenvalue weighted by Gasteiger charge is -2.13. The molecule has 106 valence electrons. The van der Waals surface area contributed by atoms with Crippen molar-refractivity contribution in [3.05, 3.63) is 45.9 Å². The molecular weight excluding hydrogens is 258 g/mol. The molecule has 2 rings (SSSR count). The monoisotopic (exact) mass is 275 g/mol. The Morgan fingerprint density at radius 2 is 2.25 bits per heavy atom. The van der Waals surface area contributed by atoms with E-state index in [1.807, 2.05) is 32.0 Å². The molecule has 1 unspecified atom stereocenters. The van der Waals surface area contributed by atoms with Gasteiger partial charge in [-0.2, -0.15) is 5.10 Å². The van der Waals surface area contributed by atoms with Gasteiger partial charge in [-0.1, -0.05) is 13.0 Å². The number of hydrogen-bond acceptors (Lipinski definition) is 5. The second kappa shape index (κ2) is 5.68. The van der Waals surface area contributed by atoms with Gasteiger partial charge < -0.3 is 5.32 Å². The smallest absolute Gasteiger partial charge is 0.333 e. The van der Waals surface area contributed by atoms with Crippen LogP contribution in [0.2, 0.25) is 0 Å². The largest absolute Gasteiger partial charge is 0.356 e. The molecule has 1 N–H and O–H groups in total. The van der Waals surface area contributed by atoms with E-state index < -0.39 is 0 Å². The Hall–Kier alpha value is -2.44. The minimum absolute atomic E-state index is 0.0396. The maximum absolute atomic E-state index is 11.2. The van der Waals surface area contributed by atoms with E-state index in [1.165, 1.54) is 4.68 Å². The lowest BCUT2D eigenvalue weighted by Crippen LogP contribution is -2.12. The van der Waals surface area contributed by atoms with Crippen molar-refractivity contribution in [1.82, 2.24) is 14.8 Å². The number of rotatable bonds is 5. The van der Waals surface area contributed by atoms with E-state index in [9.17, 15) is 10.1 Å². The fourth-order valence-electron chi connectivity index (χ4n) is 2.07. The van der Waals surface area contributed by atoms with Crippen LogP contribution >= 0.6 is 0 Å². The normalized spacial score (nSPS) is 12.2. The van der Waals surface area contributed by atoms with Crippen molar-refractivity contribution in [2.75, 3.05) is 5.32 Å². The molecular formula is C13H17N5O2. The van der Waals surface area contributed by atoms with Crippen LogP contribution in [-0.2, 0) is 13.5 Å². The Morgan fingerprint density at radius 3 is 2.80 bits per heavy atom. The Labute approximate surface area is 116 Å². The number of aromatic nitrogens is 3. The predicted octanol–water partition coefficient (Wildman–Crippen LogP) is 2.46. The lowest BCUT2D eigenvalue weighted by molar-refractivity contribution is -0.384. The van der Waals surface area contributed by atoms with Crippen molar-refractivity contribution in [1.29, 1.82) is 0 Å². The zero-order chi connectivity index (χ0) is 14.7. The summed E-state index contributed by atoms with van der Waals surface area (Å²) < 4.78 is 1.51. The van der Waals surface area contributed by atoms with Crippen LogP contribution in [-0.4, -0.2) is 19.7 Å². The minimum atomic E-state index is -0.390. The molecule has 7 heteroatoms. The number of nitro groups is 1. The molecule has 2 heterocycles. The van der Waals surface area contributed by atoms with Crippen molar-refractivity contribution in [3.63, 3.8) is 0 Å². The first-order valence-corrected chi connectivity index (χ1v) is 6.42. The quantitative estimate of drug-likeness (QED) is 0.669. The van der Waals surface area contributed by atoms with E-state index in [-0.39, 0.29) is 16.7 Å².